The lowest BCUT2D eigenvalue weighted by atomic mass is 10.1. The van der Waals surface area contributed by atoms with Crippen LogP contribution in [0.5, 0.6) is 0 Å². The lowest BCUT2D eigenvalue weighted by molar-refractivity contribution is -0.120. The van der Waals surface area contributed by atoms with E-state index in [0.29, 0.717) is 12.8 Å². The molecule has 1 fully saturated rings. The van der Waals surface area contributed by atoms with Crippen LogP contribution in [0.2, 0.25) is 0 Å². The van der Waals surface area contributed by atoms with Gasteiger partial charge in [0.15, 0.2) is 0 Å². The number of hydrogen-bond donors (Lipinski definition) is 1. The molecule has 4 heteroatoms. The summed E-state index contributed by atoms with van der Waals surface area (Å²) in [4.78, 5) is 26.5. The Bertz CT molecular complexity index is 712. The molecule has 0 aliphatic carbocycles. The maximum atomic E-state index is 12.7. The van der Waals surface area contributed by atoms with E-state index in [1.807, 2.05) is 54.6 Å². The van der Waals surface area contributed by atoms with Crippen LogP contribution in [0.4, 0.5) is 11.4 Å². The largest absolute Gasteiger partial charge is 0.324 e. The number of carbonyl (C=O) groups excluding carboxylic acids is 2. The van der Waals surface area contributed by atoms with Crippen LogP contribution in [-0.4, -0.2) is 17.9 Å². The number of nitrogens with zero attached hydrogens (tertiary/aromatic N) is 1. The number of hydrogen-bond acceptors (Lipinski definition) is 2. The van der Waals surface area contributed by atoms with Crippen LogP contribution in [0.15, 0.2) is 54.6 Å². The van der Waals surface area contributed by atoms with Gasteiger partial charge in [0, 0.05) is 17.8 Å². The molecule has 1 heterocycles. The van der Waals surface area contributed by atoms with Crippen molar-refractivity contribution in [3.63, 3.8) is 0 Å². The topological polar surface area (TPSA) is 49.4 Å². The van der Waals surface area contributed by atoms with Crippen molar-refractivity contribution in [2.24, 2.45) is 0 Å². The van der Waals surface area contributed by atoms with Crippen molar-refractivity contribution >= 4 is 23.2 Å². The van der Waals surface area contributed by atoms with Gasteiger partial charge in [-0.05, 0) is 36.6 Å². The lowest BCUT2D eigenvalue weighted by Gasteiger charge is -2.24. The summed E-state index contributed by atoms with van der Waals surface area (Å²) in [7, 11) is 0. The van der Waals surface area contributed by atoms with Crippen LogP contribution < -0.4 is 10.2 Å². The average molecular weight is 308 g/mol. The minimum atomic E-state index is -0.449. The maximum absolute atomic E-state index is 12.7. The van der Waals surface area contributed by atoms with Gasteiger partial charge in [0.25, 0.3) is 0 Å². The van der Waals surface area contributed by atoms with Crippen molar-refractivity contribution in [1.29, 1.82) is 0 Å². The number of aryl methyl sites for hydroxylation is 1. The predicted molar refractivity (Wildman–Crippen MR) is 91.4 cm³/mol. The molecule has 0 aromatic heterocycles. The van der Waals surface area contributed by atoms with Crippen LogP contribution in [0.25, 0.3) is 0 Å². The summed E-state index contributed by atoms with van der Waals surface area (Å²) < 4.78 is 0. The van der Waals surface area contributed by atoms with Crippen LogP contribution in [-0.2, 0) is 16.0 Å². The van der Waals surface area contributed by atoms with Crippen molar-refractivity contribution < 1.29 is 9.59 Å². The van der Waals surface area contributed by atoms with E-state index in [9.17, 15) is 9.59 Å². The van der Waals surface area contributed by atoms with Gasteiger partial charge in [-0.2, -0.15) is 0 Å². The summed E-state index contributed by atoms with van der Waals surface area (Å²) in [5.74, 6) is -0.124. The number of carbonyl (C=O) groups is 2. The zero-order valence-corrected chi connectivity index (χ0v) is 13.2. The summed E-state index contributed by atoms with van der Waals surface area (Å²) in [6, 6.07) is 16.7. The number of amides is 2. The Morgan fingerprint density at radius 3 is 2.57 bits per heavy atom. The second-order valence-corrected chi connectivity index (χ2v) is 5.65. The average Bonchev–Trinajstić information content (AvgIpc) is 2.98. The highest BCUT2D eigenvalue weighted by Gasteiger charge is 2.37. The minimum Gasteiger partial charge on any atom is -0.324 e. The molecule has 2 aromatic carbocycles. The summed E-state index contributed by atoms with van der Waals surface area (Å²) in [5.41, 5.74) is 2.70. The van der Waals surface area contributed by atoms with E-state index in [0.717, 1.165) is 23.4 Å². The molecule has 1 unspecified atom stereocenters. The Hall–Kier alpha value is -2.62. The number of rotatable bonds is 4. The zero-order chi connectivity index (χ0) is 16.2. The summed E-state index contributed by atoms with van der Waals surface area (Å²) in [6.45, 7) is 2.06. The smallest absolute Gasteiger partial charge is 0.247 e. The van der Waals surface area contributed by atoms with E-state index in [-0.39, 0.29) is 11.8 Å². The molecule has 118 valence electrons. The van der Waals surface area contributed by atoms with Crippen molar-refractivity contribution in [2.45, 2.75) is 32.2 Å². The third kappa shape index (κ3) is 3.11. The van der Waals surface area contributed by atoms with E-state index in [2.05, 4.69) is 12.2 Å². The van der Waals surface area contributed by atoms with E-state index in [1.54, 1.807) is 4.90 Å². The number of anilines is 2. The van der Waals surface area contributed by atoms with Gasteiger partial charge in [0.2, 0.25) is 11.8 Å². The lowest BCUT2D eigenvalue weighted by Crippen LogP contribution is -2.41. The molecule has 0 radical (unpaired) electrons. The molecule has 1 aliphatic rings. The van der Waals surface area contributed by atoms with Crippen LogP contribution in [0, 0.1) is 0 Å². The van der Waals surface area contributed by atoms with Gasteiger partial charge in [-0.3, -0.25) is 14.5 Å². The monoisotopic (exact) mass is 308 g/mol. The zero-order valence-electron chi connectivity index (χ0n) is 13.2. The molecule has 2 aromatic rings. The summed E-state index contributed by atoms with van der Waals surface area (Å²) in [5, 5.41) is 2.99. The molecular weight excluding hydrogens is 288 g/mol. The van der Waals surface area contributed by atoms with Crippen LogP contribution >= 0.6 is 0 Å². The molecule has 3 rings (SSSR count). The highest BCUT2D eigenvalue weighted by atomic mass is 16.2. The Morgan fingerprint density at radius 1 is 1.13 bits per heavy atom. The normalized spacial score (nSPS) is 17.3. The summed E-state index contributed by atoms with van der Waals surface area (Å²) >= 11 is 0. The maximum Gasteiger partial charge on any atom is 0.247 e. The van der Waals surface area contributed by atoms with E-state index >= 15 is 0 Å². The van der Waals surface area contributed by atoms with Gasteiger partial charge in [-0.25, -0.2) is 0 Å². The van der Waals surface area contributed by atoms with E-state index in [1.165, 1.54) is 0 Å². The third-order valence-electron chi connectivity index (χ3n) is 4.21. The van der Waals surface area contributed by atoms with E-state index < -0.39 is 6.04 Å². The second kappa shape index (κ2) is 6.65. The molecule has 1 N–H and O–H groups in total. The molecule has 0 bridgehead atoms. The van der Waals surface area contributed by atoms with Gasteiger partial charge in [0.05, 0.1) is 0 Å². The van der Waals surface area contributed by atoms with E-state index in [4.69, 9.17) is 0 Å². The molecule has 23 heavy (non-hydrogen) atoms. The third-order valence-corrected chi connectivity index (χ3v) is 4.21. The van der Waals surface area contributed by atoms with Crippen LogP contribution in [0.1, 0.15) is 25.3 Å². The first-order chi connectivity index (χ1) is 11.2. The highest BCUT2D eigenvalue weighted by molar-refractivity contribution is 6.07. The molecule has 1 saturated heterocycles. The molecule has 1 atom stereocenters. The number of para-hydroxylation sites is 2. The fraction of sp³-hybridized carbons (Fsp3) is 0.263. The van der Waals surface area contributed by atoms with Crippen molar-refractivity contribution in [1.82, 2.24) is 0 Å². The first-order valence-electron chi connectivity index (χ1n) is 7.96. The fourth-order valence-corrected chi connectivity index (χ4v) is 3.01. The summed E-state index contributed by atoms with van der Waals surface area (Å²) in [6.07, 6.45) is 1.80. The second-order valence-electron chi connectivity index (χ2n) is 5.65. The first kappa shape index (κ1) is 15.3. The Kier molecular flexibility index (Phi) is 4.42. The van der Waals surface area contributed by atoms with Gasteiger partial charge in [0.1, 0.15) is 6.04 Å². The Balaban J connectivity index is 1.82. The quantitative estimate of drug-likeness (QED) is 0.941. The van der Waals surface area contributed by atoms with Crippen LogP contribution in [0.3, 0.4) is 0 Å². The van der Waals surface area contributed by atoms with Crippen molar-refractivity contribution in [2.75, 3.05) is 10.2 Å². The molecule has 4 nitrogen and oxygen atoms in total. The Morgan fingerprint density at radius 2 is 1.83 bits per heavy atom. The number of nitrogens with one attached hydrogen (secondary N) is 1. The fourth-order valence-electron chi connectivity index (χ4n) is 3.01. The molecule has 0 spiro atoms. The van der Waals surface area contributed by atoms with Gasteiger partial charge >= 0.3 is 0 Å². The number of benzene rings is 2. The van der Waals surface area contributed by atoms with Crippen molar-refractivity contribution in [3.05, 3.63) is 60.2 Å². The Labute approximate surface area is 136 Å². The molecular formula is C19H20N2O2. The highest BCUT2D eigenvalue weighted by Crippen LogP contribution is 2.27. The molecule has 0 saturated carbocycles. The minimum absolute atomic E-state index is 0.000117. The van der Waals surface area contributed by atoms with Crippen molar-refractivity contribution in [3.8, 4) is 0 Å². The first-order valence-corrected chi connectivity index (χ1v) is 7.96. The molecule has 1 aliphatic heterocycles. The predicted octanol–water partition coefficient (Wildman–Crippen LogP) is 3.38. The van der Waals surface area contributed by atoms with Gasteiger partial charge in [-0.15, -0.1) is 0 Å². The molecule has 2 amide bonds. The standard InChI is InChI=1S/C19H20N2O2/c1-2-14-8-6-7-11-16(14)20-19(23)17-12-13-18(22)21(17)15-9-4-3-5-10-15/h3-11,17H,2,12-13H2,1H3,(H,20,23). The SMILES string of the molecule is CCc1ccccc1NC(=O)C1CCC(=O)N1c1ccccc1. The van der Waals surface area contributed by atoms with Gasteiger partial charge < -0.3 is 5.32 Å². The van der Waals surface area contributed by atoms with Gasteiger partial charge in [-0.1, -0.05) is 43.3 Å².